The summed E-state index contributed by atoms with van der Waals surface area (Å²) in [6, 6.07) is 44.0. The summed E-state index contributed by atoms with van der Waals surface area (Å²) in [6.07, 6.45) is 0. The Labute approximate surface area is 170 Å². The first-order valence-electron chi connectivity index (χ1n) is 9.21. The molecule has 0 atom stereocenters. The molecule has 0 spiro atoms. The van der Waals surface area contributed by atoms with E-state index in [1.807, 2.05) is 0 Å². The third kappa shape index (κ3) is 4.50. The first-order chi connectivity index (χ1) is 14.2. The van der Waals surface area contributed by atoms with Crippen LogP contribution in [0.3, 0.4) is 0 Å². The number of nitrogens with zero attached hydrogens (tertiary/aromatic N) is 1. The van der Waals surface area contributed by atoms with E-state index in [1.54, 1.807) is 0 Å². The van der Waals surface area contributed by atoms with Crippen LogP contribution in [0.1, 0.15) is 0 Å². The van der Waals surface area contributed by atoms with Crippen molar-refractivity contribution in [3.8, 4) is 0 Å². The maximum atomic E-state index is 8.36. The number of rotatable bonds is 4. The summed E-state index contributed by atoms with van der Waals surface area (Å²) in [5.74, 6) is 0. The summed E-state index contributed by atoms with van der Waals surface area (Å²) < 4.78 is 0. The molecule has 0 aliphatic carbocycles. The molecule has 0 aromatic heterocycles. The molecule has 0 saturated carbocycles. The maximum absolute atomic E-state index is 8.36. The summed E-state index contributed by atoms with van der Waals surface area (Å²) in [6.45, 7) is 0. The van der Waals surface area contributed by atoms with Crippen molar-refractivity contribution in [2.24, 2.45) is 0 Å². The fourth-order valence-electron chi connectivity index (χ4n) is 3.75. The molecule has 0 fully saturated rings. The molecule has 29 heavy (non-hydrogen) atoms. The minimum atomic E-state index is -2.30. The Morgan fingerprint density at radius 1 is 0.517 bits per heavy atom. The summed E-state index contributed by atoms with van der Waals surface area (Å²) in [5, 5.41) is 19.3. The van der Waals surface area contributed by atoms with Gasteiger partial charge in [0.2, 0.25) is 0 Å². The Balaban J connectivity index is 0.000000552. The minimum absolute atomic E-state index is 1.42. The molecule has 0 aliphatic heterocycles. The van der Waals surface area contributed by atoms with Crippen LogP contribution in [-0.4, -0.2) is 10.3 Å². The second-order valence-corrected chi connectivity index (χ2v) is 10.3. The molecule has 4 nitrogen and oxygen atoms in total. The first kappa shape index (κ1) is 20.2. The van der Waals surface area contributed by atoms with Crippen LogP contribution in [-0.2, 0) is 0 Å². The molecule has 0 saturated heterocycles. The van der Waals surface area contributed by atoms with Gasteiger partial charge in [0.1, 0.15) is 0 Å². The van der Waals surface area contributed by atoms with Crippen LogP contribution >= 0.6 is 7.26 Å². The zero-order valence-corrected chi connectivity index (χ0v) is 16.8. The van der Waals surface area contributed by atoms with Crippen molar-refractivity contribution in [2.45, 2.75) is 0 Å². The molecule has 0 radical (unpaired) electrons. The molecule has 0 unspecified atom stereocenters. The van der Waals surface area contributed by atoms with E-state index in [-0.39, 0.29) is 0 Å². The van der Waals surface area contributed by atoms with E-state index in [1.165, 1.54) is 21.2 Å². The first-order valence-corrected chi connectivity index (χ1v) is 11.2. The number of hydrogen-bond acceptors (Lipinski definition) is 2. The SMILES string of the molecule is O=[N+]([O-])O.c1ccc([PH](c2ccccc2)(c2ccccc2)c2ccccc2)cc1. The van der Waals surface area contributed by atoms with Crippen LogP contribution in [0.5, 0.6) is 0 Å². The average Bonchev–Trinajstić information content (AvgIpc) is 2.77. The van der Waals surface area contributed by atoms with E-state index in [2.05, 4.69) is 121 Å². The molecular formula is C24H22NO3P. The van der Waals surface area contributed by atoms with Gasteiger partial charge < -0.3 is 5.21 Å². The molecule has 4 aromatic carbocycles. The normalized spacial score (nSPS) is 11.0. The van der Waals surface area contributed by atoms with Gasteiger partial charge in [0, 0.05) is 0 Å². The molecule has 0 aliphatic rings. The monoisotopic (exact) mass is 403 g/mol. The van der Waals surface area contributed by atoms with Gasteiger partial charge in [-0.15, -0.1) is 10.1 Å². The number of benzene rings is 4. The third-order valence-corrected chi connectivity index (χ3v) is 9.62. The second kappa shape index (κ2) is 9.63. The molecule has 0 heterocycles. The third-order valence-electron chi connectivity index (χ3n) is 4.83. The Bertz CT molecular complexity index is 859. The molecule has 146 valence electrons. The number of hydrogen-bond donors (Lipinski definition) is 1. The Morgan fingerprint density at radius 2 is 0.690 bits per heavy atom. The zero-order chi connectivity index (χ0) is 20.5. The van der Waals surface area contributed by atoms with Crippen molar-refractivity contribution in [3.63, 3.8) is 0 Å². The summed E-state index contributed by atoms with van der Waals surface area (Å²) in [5.41, 5.74) is 0. The standard InChI is InChI=1S/C24H21P.HNO3/c1-5-13-21(14-6-1)25(22-15-7-2-8-16-22,23-17-9-3-10-18-23)24-19-11-4-12-20-24;2-1(3)4/h1-20,25H;(H,2,3,4). The van der Waals surface area contributed by atoms with Gasteiger partial charge in [0.15, 0.2) is 0 Å². The van der Waals surface area contributed by atoms with Crippen molar-refractivity contribution >= 4 is 28.5 Å². The van der Waals surface area contributed by atoms with Crippen molar-refractivity contribution in [3.05, 3.63) is 131 Å². The molecule has 1 N–H and O–H groups in total. The van der Waals surface area contributed by atoms with Crippen molar-refractivity contribution in [2.75, 3.05) is 0 Å². The van der Waals surface area contributed by atoms with Gasteiger partial charge >= 0.3 is 150 Å². The molecule has 0 amide bonds. The van der Waals surface area contributed by atoms with Gasteiger partial charge in [-0.3, -0.25) is 0 Å². The van der Waals surface area contributed by atoms with E-state index in [4.69, 9.17) is 15.3 Å². The topological polar surface area (TPSA) is 63.4 Å². The van der Waals surface area contributed by atoms with Crippen LogP contribution in [0, 0.1) is 10.1 Å². The molecule has 4 rings (SSSR count). The molecule has 5 heteroatoms. The molecule has 0 bridgehead atoms. The quantitative estimate of drug-likeness (QED) is 0.321. The Kier molecular flexibility index (Phi) is 6.72. The summed E-state index contributed by atoms with van der Waals surface area (Å²) >= 11 is 0. The predicted octanol–water partition coefficient (Wildman–Crippen LogP) is 3.69. The van der Waals surface area contributed by atoms with Gasteiger partial charge in [-0.25, -0.2) is 0 Å². The van der Waals surface area contributed by atoms with Crippen LogP contribution in [0.25, 0.3) is 0 Å². The fourth-order valence-corrected chi connectivity index (χ4v) is 8.52. The predicted molar refractivity (Wildman–Crippen MR) is 121 cm³/mol. The zero-order valence-electron chi connectivity index (χ0n) is 15.8. The van der Waals surface area contributed by atoms with Crippen molar-refractivity contribution in [1.82, 2.24) is 0 Å². The van der Waals surface area contributed by atoms with Crippen molar-refractivity contribution in [1.29, 1.82) is 0 Å². The average molecular weight is 403 g/mol. The summed E-state index contributed by atoms with van der Waals surface area (Å²) in [4.78, 5) is 8.36. The van der Waals surface area contributed by atoms with Crippen LogP contribution in [0.2, 0.25) is 0 Å². The van der Waals surface area contributed by atoms with Gasteiger partial charge in [-0.2, -0.15) is 0 Å². The summed E-state index contributed by atoms with van der Waals surface area (Å²) in [7, 11) is -2.30. The van der Waals surface area contributed by atoms with E-state index >= 15 is 0 Å². The van der Waals surface area contributed by atoms with Crippen molar-refractivity contribution < 1.29 is 10.3 Å². The second-order valence-electron chi connectivity index (χ2n) is 6.45. The van der Waals surface area contributed by atoms with Crippen LogP contribution < -0.4 is 21.2 Å². The van der Waals surface area contributed by atoms with E-state index in [9.17, 15) is 0 Å². The molecule has 4 aromatic rings. The fraction of sp³-hybridized carbons (Fsp3) is 0. The van der Waals surface area contributed by atoms with E-state index < -0.39 is 12.3 Å². The van der Waals surface area contributed by atoms with Gasteiger partial charge in [0.05, 0.1) is 0 Å². The van der Waals surface area contributed by atoms with Gasteiger partial charge in [-0.1, -0.05) is 0 Å². The van der Waals surface area contributed by atoms with E-state index in [0.29, 0.717) is 0 Å². The van der Waals surface area contributed by atoms with Crippen LogP contribution in [0.4, 0.5) is 0 Å². The molecular weight excluding hydrogens is 381 g/mol. The van der Waals surface area contributed by atoms with Gasteiger partial charge in [0.25, 0.3) is 5.09 Å². The van der Waals surface area contributed by atoms with Gasteiger partial charge in [-0.05, 0) is 0 Å². The Morgan fingerprint density at radius 3 is 0.862 bits per heavy atom. The van der Waals surface area contributed by atoms with E-state index in [0.717, 1.165) is 0 Å². The Hall–Kier alpha value is -3.49. The van der Waals surface area contributed by atoms with Crippen LogP contribution in [0.15, 0.2) is 121 Å².